The van der Waals surface area contributed by atoms with E-state index in [-0.39, 0.29) is 36.1 Å². The molecule has 40 heavy (non-hydrogen) atoms. The Morgan fingerprint density at radius 1 is 1.07 bits per heavy atom. The van der Waals surface area contributed by atoms with Gasteiger partial charge in [0.25, 0.3) is 0 Å². The highest BCUT2D eigenvalue weighted by atomic mass is 16.5. The number of aryl methyl sites for hydroxylation is 1. The Bertz CT molecular complexity index is 903. The zero-order chi connectivity index (χ0) is 29.7. The van der Waals surface area contributed by atoms with Gasteiger partial charge in [-0.25, -0.2) is 4.79 Å². The molecule has 4 atom stereocenters. The van der Waals surface area contributed by atoms with E-state index >= 15 is 0 Å². The lowest BCUT2D eigenvalue weighted by molar-refractivity contribution is -0.128. The van der Waals surface area contributed by atoms with Gasteiger partial charge in [0.15, 0.2) is 0 Å². The van der Waals surface area contributed by atoms with Crippen LogP contribution in [-0.4, -0.2) is 73.8 Å². The highest BCUT2D eigenvalue weighted by Crippen LogP contribution is 2.29. The summed E-state index contributed by atoms with van der Waals surface area (Å²) in [6.45, 7) is 13.2. The number of rotatable bonds is 17. The lowest BCUT2D eigenvalue weighted by Crippen LogP contribution is -2.49. The van der Waals surface area contributed by atoms with Crippen LogP contribution in [0.5, 0.6) is 5.75 Å². The summed E-state index contributed by atoms with van der Waals surface area (Å²) in [5.41, 5.74) is 2.17. The van der Waals surface area contributed by atoms with Gasteiger partial charge in [0.1, 0.15) is 5.75 Å². The van der Waals surface area contributed by atoms with E-state index in [4.69, 9.17) is 9.47 Å². The Labute approximate surface area is 240 Å². The van der Waals surface area contributed by atoms with Crippen LogP contribution in [0, 0.1) is 30.6 Å². The normalized spacial score (nSPS) is 17.3. The molecule has 1 heterocycles. The molecule has 5 N–H and O–H groups in total. The third-order valence-corrected chi connectivity index (χ3v) is 8.10. The molecule has 2 amide bonds. The maximum absolute atomic E-state index is 13.2. The molecule has 1 saturated heterocycles. The second kappa shape index (κ2) is 17.5. The summed E-state index contributed by atoms with van der Waals surface area (Å²) in [7, 11) is 1.68. The molecule has 0 saturated carbocycles. The highest BCUT2D eigenvalue weighted by Gasteiger charge is 2.33. The molecule has 1 aliphatic rings. The van der Waals surface area contributed by atoms with E-state index in [2.05, 4.69) is 48.0 Å². The number of methoxy groups -OCH3 is 1. The summed E-state index contributed by atoms with van der Waals surface area (Å²) in [6, 6.07) is 5.65. The van der Waals surface area contributed by atoms with Crippen molar-refractivity contribution in [2.24, 2.45) is 23.7 Å². The average Bonchev–Trinajstić information content (AvgIpc) is 2.90. The molecule has 1 aromatic carbocycles. The Morgan fingerprint density at radius 3 is 2.38 bits per heavy atom. The fourth-order valence-corrected chi connectivity index (χ4v) is 5.38. The first kappa shape index (κ1) is 33.8. The van der Waals surface area contributed by atoms with Gasteiger partial charge in [-0.15, -0.1) is 0 Å². The number of aliphatic hydroxyl groups excluding tert-OH is 1. The van der Waals surface area contributed by atoms with Crippen LogP contribution in [0.25, 0.3) is 0 Å². The molecule has 0 bridgehead atoms. The number of nitrogens with one attached hydrogen (secondary N) is 3. The molecule has 0 aromatic heterocycles. The largest absolute Gasteiger partial charge is 0.493 e. The van der Waals surface area contributed by atoms with Crippen molar-refractivity contribution in [1.82, 2.24) is 16.0 Å². The summed E-state index contributed by atoms with van der Waals surface area (Å²) in [6.07, 6.45) is 1.81. The van der Waals surface area contributed by atoms with Crippen molar-refractivity contribution >= 4 is 12.0 Å². The molecule has 1 aromatic rings. The van der Waals surface area contributed by atoms with Gasteiger partial charge in [-0.05, 0) is 87.1 Å². The summed E-state index contributed by atoms with van der Waals surface area (Å²) in [5, 5.41) is 29.9. The maximum Gasteiger partial charge on any atom is 0.404 e. The van der Waals surface area contributed by atoms with Gasteiger partial charge < -0.3 is 35.6 Å². The lowest BCUT2D eigenvalue weighted by atomic mass is 9.80. The molecule has 1 aliphatic heterocycles. The first-order valence-corrected chi connectivity index (χ1v) is 14.9. The number of hydrogen-bond acceptors (Lipinski definition) is 6. The van der Waals surface area contributed by atoms with Crippen LogP contribution in [0.3, 0.4) is 0 Å². The van der Waals surface area contributed by atoms with Gasteiger partial charge in [-0.3, -0.25) is 4.79 Å². The Balaban J connectivity index is 2.12. The third kappa shape index (κ3) is 11.6. The van der Waals surface area contributed by atoms with Gasteiger partial charge in [0.2, 0.25) is 5.91 Å². The topological polar surface area (TPSA) is 129 Å². The highest BCUT2D eigenvalue weighted by molar-refractivity contribution is 5.79. The van der Waals surface area contributed by atoms with E-state index in [1.807, 2.05) is 20.8 Å². The van der Waals surface area contributed by atoms with Crippen molar-refractivity contribution in [2.45, 2.75) is 91.3 Å². The summed E-state index contributed by atoms with van der Waals surface area (Å²) >= 11 is 0. The molecule has 9 nitrogen and oxygen atoms in total. The predicted octanol–water partition coefficient (Wildman–Crippen LogP) is 4.14. The van der Waals surface area contributed by atoms with Crippen molar-refractivity contribution in [3.05, 3.63) is 29.3 Å². The summed E-state index contributed by atoms with van der Waals surface area (Å²) < 4.78 is 11.1. The van der Waals surface area contributed by atoms with Crippen LogP contribution in [0.1, 0.15) is 70.9 Å². The van der Waals surface area contributed by atoms with Crippen molar-refractivity contribution in [3.8, 4) is 5.75 Å². The van der Waals surface area contributed by atoms with Crippen LogP contribution in [0.15, 0.2) is 18.2 Å². The van der Waals surface area contributed by atoms with E-state index in [1.165, 1.54) is 0 Å². The third-order valence-electron chi connectivity index (χ3n) is 8.10. The predicted molar refractivity (Wildman–Crippen MR) is 158 cm³/mol. The number of benzene rings is 1. The minimum atomic E-state index is -1.17. The van der Waals surface area contributed by atoms with Crippen molar-refractivity contribution < 1.29 is 29.3 Å². The Kier molecular flexibility index (Phi) is 14.8. The van der Waals surface area contributed by atoms with Gasteiger partial charge in [0.05, 0.1) is 18.8 Å². The first-order valence-electron chi connectivity index (χ1n) is 14.9. The Morgan fingerprint density at radius 2 is 1.77 bits per heavy atom. The zero-order valence-corrected chi connectivity index (χ0v) is 25.4. The number of amides is 2. The minimum absolute atomic E-state index is 0.0117. The molecule has 2 rings (SSSR count). The fraction of sp³-hybridized carbons (Fsp3) is 0.742. The van der Waals surface area contributed by atoms with Crippen molar-refractivity contribution in [2.75, 3.05) is 33.4 Å². The summed E-state index contributed by atoms with van der Waals surface area (Å²) in [5.74, 6) is 0.746. The monoisotopic (exact) mass is 563 g/mol. The van der Waals surface area contributed by atoms with Crippen LogP contribution in [0.2, 0.25) is 0 Å². The van der Waals surface area contributed by atoms with Gasteiger partial charge in [0, 0.05) is 32.1 Å². The molecule has 9 heteroatoms. The minimum Gasteiger partial charge on any atom is -0.493 e. The molecular weight excluding hydrogens is 510 g/mol. The Hall–Kier alpha value is -2.36. The lowest BCUT2D eigenvalue weighted by Gasteiger charge is -2.33. The first-order chi connectivity index (χ1) is 19.0. The van der Waals surface area contributed by atoms with Crippen LogP contribution >= 0.6 is 0 Å². The molecular formula is C31H53N3O6. The van der Waals surface area contributed by atoms with Gasteiger partial charge in [-0.1, -0.05) is 39.8 Å². The second-order valence-electron chi connectivity index (χ2n) is 12.0. The molecule has 1 fully saturated rings. The van der Waals surface area contributed by atoms with Gasteiger partial charge >= 0.3 is 6.09 Å². The molecule has 228 valence electrons. The van der Waals surface area contributed by atoms with Gasteiger partial charge in [-0.2, -0.15) is 0 Å². The van der Waals surface area contributed by atoms with E-state index in [1.54, 1.807) is 7.11 Å². The number of hydrogen-bond donors (Lipinski definition) is 5. The maximum atomic E-state index is 13.2. The second-order valence-corrected chi connectivity index (χ2v) is 12.0. The molecule has 0 radical (unpaired) electrons. The molecule has 4 unspecified atom stereocenters. The molecule has 0 aliphatic carbocycles. The number of aliphatic hydroxyl groups is 1. The standard InChI is InChI=1S/C31H53N3O6/c1-20(2)24(16-23-9-8-22(5)29(17-23)40-15-7-14-39-6)18-27(34-31(37)38)28(35)19-26(21(3)4)30(36)33-25-10-12-32-13-11-25/h8-9,17,20-21,24-28,32,34-35H,7,10-16,18-19H2,1-6H3,(H,33,36)(H,37,38). The average molecular weight is 564 g/mol. The fourth-order valence-electron chi connectivity index (χ4n) is 5.38. The number of piperidine rings is 1. The van der Waals surface area contributed by atoms with E-state index in [9.17, 15) is 19.8 Å². The van der Waals surface area contributed by atoms with Crippen molar-refractivity contribution in [3.63, 3.8) is 0 Å². The SMILES string of the molecule is COCCCOc1cc(CC(CC(NC(=O)O)C(O)CC(C(=O)NC2CCNCC2)C(C)C)C(C)C)ccc1C. The van der Waals surface area contributed by atoms with Crippen molar-refractivity contribution in [1.29, 1.82) is 0 Å². The van der Waals surface area contributed by atoms with Crippen LogP contribution in [0.4, 0.5) is 4.79 Å². The smallest absolute Gasteiger partial charge is 0.404 e. The van der Waals surface area contributed by atoms with E-state index in [0.29, 0.717) is 19.6 Å². The van der Waals surface area contributed by atoms with Crippen LogP contribution in [-0.2, 0) is 16.0 Å². The number of carboxylic acid groups (broad SMARTS) is 1. The number of ether oxygens (including phenoxy) is 2. The van der Waals surface area contributed by atoms with Crippen LogP contribution < -0.4 is 20.7 Å². The quantitative estimate of drug-likeness (QED) is 0.180. The van der Waals surface area contributed by atoms with E-state index < -0.39 is 24.2 Å². The zero-order valence-electron chi connectivity index (χ0n) is 25.4. The number of carbonyl (C=O) groups is 2. The summed E-state index contributed by atoms with van der Waals surface area (Å²) in [4.78, 5) is 24.9. The molecule has 0 spiro atoms. The van der Waals surface area contributed by atoms with E-state index in [0.717, 1.165) is 55.6 Å². The number of carbonyl (C=O) groups excluding carboxylic acids is 1.